The van der Waals surface area contributed by atoms with Crippen molar-refractivity contribution in [1.29, 1.82) is 5.26 Å². The summed E-state index contributed by atoms with van der Waals surface area (Å²) in [6.45, 7) is 5.46. The Bertz CT molecular complexity index is 318. The molecule has 0 fully saturated rings. The van der Waals surface area contributed by atoms with Crippen molar-refractivity contribution in [2.24, 2.45) is 0 Å². The molecule has 0 aliphatic carbocycles. The molecule has 0 aliphatic heterocycles. The highest BCUT2D eigenvalue weighted by atomic mass is 14.2. The summed E-state index contributed by atoms with van der Waals surface area (Å²) in [5, 5.41) is 8.58. The van der Waals surface area contributed by atoms with Crippen molar-refractivity contribution < 1.29 is 0 Å². The largest absolute Gasteiger partial charge is 0.192 e. The van der Waals surface area contributed by atoms with E-state index in [1.807, 2.05) is 19.1 Å². The van der Waals surface area contributed by atoms with Gasteiger partial charge in [-0.15, -0.1) is 0 Å². The molecule has 1 radical (unpaired) electrons. The maximum absolute atomic E-state index is 8.58. The van der Waals surface area contributed by atoms with Crippen LogP contribution in [0.3, 0.4) is 0 Å². The summed E-state index contributed by atoms with van der Waals surface area (Å²) < 4.78 is 0. The molecule has 0 saturated heterocycles. The Balaban J connectivity index is 3.25. The fourth-order valence-electron chi connectivity index (χ4n) is 0.950. The number of rotatable bonds is 1. The number of aryl methyl sites for hydroxylation is 1. The molecule has 53 valence electrons. The highest BCUT2D eigenvalue weighted by Crippen LogP contribution is 2.07. The first kappa shape index (κ1) is 7.56. The minimum Gasteiger partial charge on any atom is -0.192 e. The lowest BCUT2D eigenvalue weighted by atomic mass is 10.1. The first-order valence-corrected chi connectivity index (χ1v) is 3.31. The zero-order valence-corrected chi connectivity index (χ0v) is 6.39. The predicted molar refractivity (Wildman–Crippen MR) is 43.9 cm³/mol. The minimum absolute atomic E-state index is 0.663. The van der Waals surface area contributed by atoms with E-state index in [-0.39, 0.29) is 0 Å². The molecule has 0 N–H and O–H groups in total. The van der Waals surface area contributed by atoms with Gasteiger partial charge in [0.25, 0.3) is 0 Å². The molecule has 0 unspecified atom stereocenters. The van der Waals surface area contributed by atoms with Gasteiger partial charge in [0, 0.05) is 0 Å². The third-order valence-corrected chi connectivity index (χ3v) is 1.41. The highest BCUT2D eigenvalue weighted by molar-refractivity contribution is 5.38. The molecule has 0 bridgehead atoms. The molecule has 11 heavy (non-hydrogen) atoms. The van der Waals surface area contributed by atoms with Crippen LogP contribution in [0.4, 0.5) is 0 Å². The second-order valence-corrected chi connectivity index (χ2v) is 2.38. The first-order valence-electron chi connectivity index (χ1n) is 3.31. The Morgan fingerprint density at radius 2 is 1.91 bits per heavy atom. The number of hydrogen-bond acceptors (Lipinski definition) is 1. The van der Waals surface area contributed by atoms with Gasteiger partial charge in [-0.05, 0) is 36.3 Å². The van der Waals surface area contributed by atoms with Crippen LogP contribution >= 0.6 is 0 Å². The quantitative estimate of drug-likeness (QED) is 0.589. The molecule has 0 saturated carbocycles. The van der Waals surface area contributed by atoms with Crippen molar-refractivity contribution in [2.75, 3.05) is 0 Å². The van der Waals surface area contributed by atoms with Gasteiger partial charge in [-0.1, -0.05) is 12.6 Å². The maximum atomic E-state index is 8.58. The van der Waals surface area contributed by atoms with Crippen LogP contribution in [-0.2, 0) is 0 Å². The van der Waals surface area contributed by atoms with Crippen LogP contribution in [0.2, 0.25) is 0 Å². The molecule has 0 heterocycles. The molecule has 1 heteroatoms. The van der Waals surface area contributed by atoms with E-state index in [1.165, 1.54) is 0 Å². The third kappa shape index (κ3) is 1.68. The summed E-state index contributed by atoms with van der Waals surface area (Å²) in [7, 11) is 0. The van der Waals surface area contributed by atoms with Gasteiger partial charge in [-0.25, -0.2) is 0 Å². The van der Waals surface area contributed by atoms with E-state index in [0.717, 1.165) is 11.1 Å². The van der Waals surface area contributed by atoms with E-state index < -0.39 is 0 Å². The summed E-state index contributed by atoms with van der Waals surface area (Å²) in [6, 6.07) is 7.61. The average Bonchev–Trinajstić information content (AvgIpc) is 2.03. The van der Waals surface area contributed by atoms with Crippen LogP contribution in [0.5, 0.6) is 0 Å². The lowest BCUT2D eigenvalue weighted by Gasteiger charge is -1.95. The van der Waals surface area contributed by atoms with Crippen LogP contribution in [0, 0.1) is 24.3 Å². The summed E-state index contributed by atoms with van der Waals surface area (Å²) in [5.41, 5.74) is 2.60. The molecular formula is C10H8N. The fourth-order valence-corrected chi connectivity index (χ4v) is 0.950. The highest BCUT2D eigenvalue weighted by Gasteiger charge is 1.93. The summed E-state index contributed by atoms with van der Waals surface area (Å²) in [5.74, 6) is 0. The number of nitrogens with zero attached hydrogens (tertiary/aromatic N) is 1. The van der Waals surface area contributed by atoms with Crippen molar-refractivity contribution in [3.05, 3.63) is 47.5 Å². The van der Waals surface area contributed by atoms with Crippen LogP contribution in [0.15, 0.2) is 24.8 Å². The second-order valence-electron chi connectivity index (χ2n) is 2.38. The normalized spacial score (nSPS) is 8.73. The number of nitriles is 1. The van der Waals surface area contributed by atoms with E-state index in [1.54, 1.807) is 6.07 Å². The molecule has 0 atom stereocenters. The average molecular weight is 142 g/mol. The number of benzene rings is 1. The Kier molecular flexibility index (Phi) is 2.08. The summed E-state index contributed by atoms with van der Waals surface area (Å²) in [4.78, 5) is 0. The fraction of sp³-hybridized carbons (Fsp3) is 0.100. The molecular weight excluding hydrogens is 134 g/mol. The molecule has 1 nitrogen and oxygen atoms in total. The molecule has 1 rings (SSSR count). The van der Waals surface area contributed by atoms with Crippen LogP contribution in [-0.4, -0.2) is 0 Å². The van der Waals surface area contributed by atoms with E-state index >= 15 is 0 Å². The SMILES string of the molecule is C=[C]c1cc(C)cc(C#N)c1. The molecule has 0 amide bonds. The van der Waals surface area contributed by atoms with E-state index in [4.69, 9.17) is 5.26 Å². The minimum atomic E-state index is 0.663. The monoisotopic (exact) mass is 142 g/mol. The van der Waals surface area contributed by atoms with E-state index in [0.29, 0.717) is 5.56 Å². The second kappa shape index (κ2) is 3.03. The predicted octanol–water partition coefficient (Wildman–Crippen LogP) is 2.20. The summed E-state index contributed by atoms with van der Waals surface area (Å²) in [6.07, 6.45) is 2.74. The van der Waals surface area contributed by atoms with Crippen molar-refractivity contribution in [3.63, 3.8) is 0 Å². The van der Waals surface area contributed by atoms with Gasteiger partial charge >= 0.3 is 0 Å². The van der Waals surface area contributed by atoms with Gasteiger partial charge in [-0.2, -0.15) is 5.26 Å². The Morgan fingerprint density at radius 1 is 1.27 bits per heavy atom. The zero-order chi connectivity index (χ0) is 8.27. The molecule has 0 aromatic heterocycles. The van der Waals surface area contributed by atoms with E-state index in [9.17, 15) is 0 Å². The van der Waals surface area contributed by atoms with Gasteiger partial charge in [0.15, 0.2) is 0 Å². The number of hydrogen-bond donors (Lipinski definition) is 0. The molecule has 0 spiro atoms. The van der Waals surface area contributed by atoms with Crippen molar-refractivity contribution >= 4 is 0 Å². The van der Waals surface area contributed by atoms with E-state index in [2.05, 4.69) is 18.7 Å². The maximum Gasteiger partial charge on any atom is 0.0991 e. The third-order valence-electron chi connectivity index (χ3n) is 1.41. The van der Waals surface area contributed by atoms with Gasteiger partial charge in [0.2, 0.25) is 0 Å². The molecule has 1 aromatic rings. The Hall–Kier alpha value is -1.55. The van der Waals surface area contributed by atoms with Crippen LogP contribution in [0.25, 0.3) is 0 Å². The van der Waals surface area contributed by atoms with Gasteiger partial charge in [-0.3, -0.25) is 0 Å². The zero-order valence-electron chi connectivity index (χ0n) is 6.39. The van der Waals surface area contributed by atoms with Crippen molar-refractivity contribution in [3.8, 4) is 6.07 Å². The Labute approximate surface area is 66.6 Å². The van der Waals surface area contributed by atoms with Gasteiger partial charge < -0.3 is 0 Å². The molecule has 0 aliphatic rings. The van der Waals surface area contributed by atoms with Gasteiger partial charge in [0.05, 0.1) is 11.6 Å². The Morgan fingerprint density at radius 3 is 2.45 bits per heavy atom. The summed E-state index contributed by atoms with van der Waals surface area (Å²) >= 11 is 0. The van der Waals surface area contributed by atoms with Crippen LogP contribution < -0.4 is 0 Å². The van der Waals surface area contributed by atoms with Crippen LogP contribution in [0.1, 0.15) is 16.7 Å². The topological polar surface area (TPSA) is 23.8 Å². The smallest absolute Gasteiger partial charge is 0.0991 e. The lowest BCUT2D eigenvalue weighted by molar-refractivity contribution is 1.39. The van der Waals surface area contributed by atoms with Gasteiger partial charge in [0.1, 0.15) is 0 Å². The first-order chi connectivity index (χ1) is 5.26. The lowest BCUT2D eigenvalue weighted by Crippen LogP contribution is -1.81. The standard InChI is InChI=1S/C10H8N/c1-3-9-4-8(2)5-10(6-9)7-11/h4-6H,1H2,2H3. The molecule has 1 aromatic carbocycles. The van der Waals surface area contributed by atoms with Crippen molar-refractivity contribution in [2.45, 2.75) is 6.92 Å². The van der Waals surface area contributed by atoms with Crippen molar-refractivity contribution in [1.82, 2.24) is 0 Å².